The molecule has 1 fully saturated rings. The second kappa shape index (κ2) is 10.6. The molecule has 1 saturated heterocycles. The van der Waals surface area contributed by atoms with Gasteiger partial charge in [-0.15, -0.1) is 11.3 Å². The van der Waals surface area contributed by atoms with Crippen LogP contribution in [0.4, 0.5) is 27.7 Å². The lowest BCUT2D eigenvalue weighted by molar-refractivity contribution is 0.0342. The Labute approximate surface area is 237 Å². The van der Waals surface area contributed by atoms with E-state index in [1.54, 1.807) is 6.07 Å². The van der Waals surface area contributed by atoms with Gasteiger partial charge in [0.2, 0.25) is 0 Å². The van der Waals surface area contributed by atoms with Gasteiger partial charge < -0.3 is 20.1 Å². The molecule has 2 aliphatic rings. The number of rotatable bonds is 6. The van der Waals surface area contributed by atoms with Crippen LogP contribution in [-0.2, 0) is 11.3 Å². The van der Waals surface area contributed by atoms with Crippen LogP contribution in [0.2, 0.25) is 10.0 Å². The first kappa shape index (κ1) is 25.8. The monoisotopic (exact) mass is 584 g/mol. The molecule has 0 saturated carbocycles. The fraction of sp³-hybridized carbons (Fsp3) is 0.231. The molecule has 10 nitrogen and oxygen atoms in total. The van der Waals surface area contributed by atoms with Crippen molar-refractivity contribution in [1.82, 2.24) is 14.9 Å². The number of methoxy groups -OCH3 is 1. The molecule has 0 atom stereocenters. The van der Waals surface area contributed by atoms with Gasteiger partial charge in [-0.25, -0.2) is 19.7 Å². The van der Waals surface area contributed by atoms with Crippen LogP contribution in [0.5, 0.6) is 5.75 Å². The number of morpholine rings is 1. The zero-order valence-corrected chi connectivity index (χ0v) is 23.0. The normalized spacial score (nSPS) is 15.4. The molecule has 3 amide bonds. The lowest BCUT2D eigenvalue weighted by atomic mass is 10.1. The number of hydrogen-bond donors (Lipinski definition) is 2. The molecule has 0 aliphatic carbocycles. The number of aromatic nitrogens is 2. The zero-order valence-electron chi connectivity index (χ0n) is 20.7. The van der Waals surface area contributed by atoms with Crippen LogP contribution in [0.25, 0.3) is 10.2 Å². The quantitative estimate of drug-likeness (QED) is 0.296. The molecular formula is C26H22Cl2N6O4S. The summed E-state index contributed by atoms with van der Waals surface area (Å²) in [5, 5.41) is 6.84. The number of urea groups is 1. The van der Waals surface area contributed by atoms with Crippen LogP contribution in [0.15, 0.2) is 42.7 Å². The van der Waals surface area contributed by atoms with E-state index in [1.807, 2.05) is 24.3 Å². The molecule has 200 valence electrons. The van der Waals surface area contributed by atoms with E-state index in [1.165, 1.54) is 35.7 Å². The third-order valence-corrected chi connectivity index (χ3v) is 8.20. The van der Waals surface area contributed by atoms with Crippen LogP contribution in [0.3, 0.4) is 0 Å². The summed E-state index contributed by atoms with van der Waals surface area (Å²) < 4.78 is 10.7. The number of anilines is 4. The Morgan fingerprint density at radius 3 is 2.67 bits per heavy atom. The van der Waals surface area contributed by atoms with Gasteiger partial charge in [-0.2, -0.15) is 0 Å². The Morgan fingerprint density at radius 2 is 1.92 bits per heavy atom. The first-order valence-electron chi connectivity index (χ1n) is 12.0. The maximum absolute atomic E-state index is 13.3. The van der Waals surface area contributed by atoms with E-state index in [-0.39, 0.29) is 10.9 Å². The van der Waals surface area contributed by atoms with Gasteiger partial charge in [-0.3, -0.25) is 9.69 Å². The minimum atomic E-state index is -0.534. The summed E-state index contributed by atoms with van der Waals surface area (Å²) >= 11 is 13.8. The maximum atomic E-state index is 13.3. The standard InChI is InChI=1S/C26H22Cl2N6O4S/c1-37-19-11-18(16(27)10-17(19)28)34-23-20-21(32-26(34)36)22(39-25(20)30-13-29-23)24(35)31-15-4-2-14(3-5-15)12-33-6-8-38-9-7-33/h2-5,10-11,13H,6-9,12H2,1H3,(H,31,35)(H,32,36). The topological polar surface area (TPSA) is 109 Å². The van der Waals surface area contributed by atoms with Crippen molar-refractivity contribution in [2.45, 2.75) is 6.54 Å². The summed E-state index contributed by atoms with van der Waals surface area (Å²) in [5.41, 5.74) is 2.47. The van der Waals surface area contributed by atoms with Crippen LogP contribution < -0.4 is 20.3 Å². The van der Waals surface area contributed by atoms with Crippen molar-refractivity contribution in [1.29, 1.82) is 0 Å². The zero-order chi connectivity index (χ0) is 27.1. The Kier molecular flexibility index (Phi) is 7.00. The van der Waals surface area contributed by atoms with Crippen molar-refractivity contribution in [3.63, 3.8) is 0 Å². The van der Waals surface area contributed by atoms with Crippen molar-refractivity contribution < 1.29 is 19.1 Å². The minimum absolute atomic E-state index is 0.233. The van der Waals surface area contributed by atoms with Crippen molar-refractivity contribution in [3.8, 4) is 5.75 Å². The molecule has 2 aromatic carbocycles. The van der Waals surface area contributed by atoms with Gasteiger partial charge in [-0.05, 0) is 23.8 Å². The van der Waals surface area contributed by atoms with Crippen molar-refractivity contribution >= 4 is 79.6 Å². The lowest BCUT2D eigenvalue weighted by Crippen LogP contribution is -2.35. The highest BCUT2D eigenvalue weighted by Gasteiger charge is 2.35. The molecule has 2 aromatic heterocycles. The number of benzene rings is 2. The number of nitrogens with zero attached hydrogens (tertiary/aromatic N) is 4. The van der Waals surface area contributed by atoms with Crippen molar-refractivity contribution in [2.24, 2.45) is 0 Å². The summed E-state index contributed by atoms with van der Waals surface area (Å²) in [6.45, 7) is 4.11. The summed E-state index contributed by atoms with van der Waals surface area (Å²) in [6, 6.07) is 10.3. The van der Waals surface area contributed by atoms with E-state index < -0.39 is 6.03 Å². The first-order chi connectivity index (χ1) is 18.9. The fourth-order valence-corrected chi connectivity index (χ4v) is 6.13. The second-order valence-electron chi connectivity index (χ2n) is 8.93. The summed E-state index contributed by atoms with van der Waals surface area (Å²) in [6.07, 6.45) is 1.35. The van der Waals surface area contributed by atoms with Crippen molar-refractivity contribution in [2.75, 3.05) is 48.9 Å². The van der Waals surface area contributed by atoms with E-state index in [2.05, 4.69) is 25.5 Å². The average Bonchev–Trinajstić information content (AvgIpc) is 3.31. The molecule has 0 spiro atoms. The summed E-state index contributed by atoms with van der Waals surface area (Å²) in [5.74, 6) is 0.286. The third kappa shape index (κ3) is 4.88. The highest BCUT2D eigenvalue weighted by molar-refractivity contribution is 7.21. The molecule has 6 rings (SSSR count). The van der Waals surface area contributed by atoms with Gasteiger partial charge >= 0.3 is 6.03 Å². The van der Waals surface area contributed by atoms with Crippen LogP contribution in [0.1, 0.15) is 15.2 Å². The van der Waals surface area contributed by atoms with Gasteiger partial charge in [0.1, 0.15) is 21.8 Å². The van der Waals surface area contributed by atoms with Gasteiger partial charge in [0.05, 0.1) is 47.1 Å². The number of carbonyl (C=O) groups excluding carboxylic acids is 2. The SMILES string of the molecule is COc1cc(N2C(=O)Nc3c(C(=O)Nc4ccc(CN5CCOCC5)cc4)sc4ncnc2c34)c(Cl)cc1Cl. The Balaban J connectivity index is 1.29. The van der Waals surface area contributed by atoms with Crippen LogP contribution in [-0.4, -0.2) is 60.2 Å². The fourth-order valence-electron chi connectivity index (χ4n) is 4.59. The molecule has 13 heteroatoms. The Hall–Kier alpha value is -3.48. The van der Waals surface area contributed by atoms with E-state index in [4.69, 9.17) is 32.7 Å². The molecule has 2 N–H and O–H groups in total. The maximum Gasteiger partial charge on any atom is 0.332 e. The minimum Gasteiger partial charge on any atom is -0.495 e. The molecule has 2 aliphatic heterocycles. The highest BCUT2D eigenvalue weighted by atomic mass is 35.5. The van der Waals surface area contributed by atoms with E-state index in [0.29, 0.717) is 48.7 Å². The van der Waals surface area contributed by atoms with Gasteiger partial charge in [0.15, 0.2) is 5.82 Å². The molecule has 39 heavy (non-hydrogen) atoms. The van der Waals surface area contributed by atoms with Crippen LogP contribution in [0, 0.1) is 0 Å². The summed E-state index contributed by atoms with van der Waals surface area (Å²) in [4.78, 5) is 39.9. The molecule has 0 radical (unpaired) electrons. The van der Waals surface area contributed by atoms with Gasteiger partial charge in [0.25, 0.3) is 5.91 Å². The first-order valence-corrected chi connectivity index (χ1v) is 13.6. The lowest BCUT2D eigenvalue weighted by Gasteiger charge is -2.28. The number of nitrogens with one attached hydrogen (secondary N) is 2. The molecule has 4 aromatic rings. The van der Waals surface area contributed by atoms with Gasteiger partial charge in [0, 0.05) is 31.4 Å². The number of ether oxygens (including phenoxy) is 2. The average molecular weight is 585 g/mol. The van der Waals surface area contributed by atoms with Gasteiger partial charge in [-0.1, -0.05) is 35.3 Å². The van der Waals surface area contributed by atoms with E-state index in [0.717, 1.165) is 38.4 Å². The predicted molar refractivity (Wildman–Crippen MR) is 152 cm³/mol. The highest BCUT2D eigenvalue weighted by Crippen LogP contribution is 2.47. The number of amides is 3. The van der Waals surface area contributed by atoms with E-state index in [9.17, 15) is 9.59 Å². The molecular weight excluding hydrogens is 563 g/mol. The number of halogens is 2. The second-order valence-corrected chi connectivity index (χ2v) is 10.7. The molecule has 4 heterocycles. The largest absolute Gasteiger partial charge is 0.495 e. The van der Waals surface area contributed by atoms with Crippen LogP contribution >= 0.6 is 34.5 Å². The number of carbonyl (C=O) groups is 2. The summed E-state index contributed by atoms with van der Waals surface area (Å²) in [7, 11) is 1.47. The number of thiophene rings is 1. The van der Waals surface area contributed by atoms with Crippen molar-refractivity contribution in [3.05, 3.63) is 63.2 Å². The number of hydrogen-bond acceptors (Lipinski definition) is 8. The smallest absolute Gasteiger partial charge is 0.332 e. The Morgan fingerprint density at radius 1 is 1.15 bits per heavy atom. The third-order valence-electron chi connectivity index (χ3n) is 6.51. The van der Waals surface area contributed by atoms with E-state index >= 15 is 0 Å². The predicted octanol–water partition coefficient (Wildman–Crippen LogP) is 5.77. The molecule has 0 bridgehead atoms. The molecule has 0 unspecified atom stereocenters. The Bertz CT molecular complexity index is 1590.